The van der Waals surface area contributed by atoms with Gasteiger partial charge in [0.15, 0.2) is 5.70 Å². The highest BCUT2D eigenvalue weighted by atomic mass is 35.5. The molecule has 7 nitrogen and oxygen atoms in total. The van der Waals surface area contributed by atoms with Gasteiger partial charge in [-0.05, 0) is 24.3 Å². The molecule has 0 spiro atoms. The van der Waals surface area contributed by atoms with E-state index in [-0.39, 0.29) is 11.4 Å². The van der Waals surface area contributed by atoms with E-state index in [1.807, 2.05) is 0 Å². The Morgan fingerprint density at radius 3 is 2.54 bits per heavy atom. The fourth-order valence-electron chi connectivity index (χ4n) is 2.55. The predicted octanol–water partition coefficient (Wildman–Crippen LogP) is 2.09. The molecule has 2 heterocycles. The van der Waals surface area contributed by atoms with E-state index in [1.165, 1.54) is 25.5 Å². The minimum Gasteiger partial charge on any atom is -0.497 e. The smallest absolute Gasteiger partial charge is 0.358 e. The van der Waals surface area contributed by atoms with Gasteiger partial charge in [-0.25, -0.2) is 9.79 Å². The van der Waals surface area contributed by atoms with Crippen molar-refractivity contribution in [3.8, 4) is 5.75 Å². The number of carbonyl (C=O) groups is 1. The minimum absolute atomic E-state index is 0.216. The van der Waals surface area contributed by atoms with Crippen molar-refractivity contribution in [2.75, 3.05) is 26.2 Å². The Bertz CT molecular complexity index is 777. The minimum atomic E-state index is -1.67. The summed E-state index contributed by atoms with van der Waals surface area (Å²) < 4.78 is 24.5. The quantitative estimate of drug-likeness (QED) is 0.473. The molecule has 0 saturated heterocycles. The van der Waals surface area contributed by atoms with Gasteiger partial charge in [-0.2, -0.15) is 9.38 Å². The highest BCUT2D eigenvalue weighted by molar-refractivity contribution is 6.31. The van der Waals surface area contributed by atoms with Crippen LogP contribution in [0.5, 0.6) is 5.75 Å². The van der Waals surface area contributed by atoms with Crippen LogP contribution in [0.15, 0.2) is 45.6 Å². The number of esters is 1. The number of benzene rings is 1. The van der Waals surface area contributed by atoms with Gasteiger partial charge in [0.05, 0.1) is 20.6 Å². The van der Waals surface area contributed by atoms with Crippen LogP contribution in [0.4, 0.5) is 10.1 Å². The topological polar surface area (TPSA) is 66.7 Å². The summed E-state index contributed by atoms with van der Waals surface area (Å²) in [6.45, 7) is 0. The second-order valence-electron chi connectivity index (χ2n) is 5.05. The maximum Gasteiger partial charge on any atom is 0.358 e. The molecule has 1 atom stereocenters. The number of anilines is 1. The zero-order valence-corrected chi connectivity index (χ0v) is 13.9. The Labute approximate surface area is 142 Å². The number of nitrogens with zero attached hydrogens (tertiary/aromatic N) is 4. The molecule has 0 fully saturated rings. The number of hydrogen-bond donors (Lipinski definition) is 0. The number of ether oxygens (including phenoxy) is 2. The van der Waals surface area contributed by atoms with E-state index in [4.69, 9.17) is 16.3 Å². The first-order chi connectivity index (χ1) is 11.4. The maximum atomic E-state index is 14.7. The van der Waals surface area contributed by atoms with Gasteiger partial charge in [-0.1, -0.05) is 11.6 Å². The molecule has 0 aliphatic carbocycles. The summed E-state index contributed by atoms with van der Waals surface area (Å²) in [7, 11) is 4.35. The summed E-state index contributed by atoms with van der Waals surface area (Å²) in [4.78, 5) is 22.4. The van der Waals surface area contributed by atoms with Crippen molar-refractivity contribution in [2.45, 2.75) is 5.12 Å². The largest absolute Gasteiger partial charge is 0.497 e. The maximum absolute atomic E-state index is 14.7. The lowest BCUT2D eigenvalue weighted by atomic mass is 10.1. The van der Waals surface area contributed by atoms with Gasteiger partial charge in [-0.3, -0.25) is 4.90 Å². The van der Waals surface area contributed by atoms with Crippen LogP contribution in [0.25, 0.3) is 0 Å². The van der Waals surface area contributed by atoms with Gasteiger partial charge in [0.2, 0.25) is 0 Å². The summed E-state index contributed by atoms with van der Waals surface area (Å²) >= 11 is 6.60. The summed E-state index contributed by atoms with van der Waals surface area (Å²) in [5, 5.41) is -1.67. The third kappa shape index (κ3) is 2.30. The Morgan fingerprint density at radius 2 is 1.96 bits per heavy atom. The van der Waals surface area contributed by atoms with E-state index in [0.29, 0.717) is 11.4 Å². The molecule has 24 heavy (non-hydrogen) atoms. The van der Waals surface area contributed by atoms with E-state index in [0.717, 1.165) is 4.90 Å². The molecule has 0 N–H and O–H groups in total. The first-order valence-corrected chi connectivity index (χ1v) is 7.29. The van der Waals surface area contributed by atoms with Crippen LogP contribution in [-0.2, 0) is 9.53 Å². The van der Waals surface area contributed by atoms with Crippen molar-refractivity contribution in [3.05, 3.63) is 35.7 Å². The number of likely N-dealkylation sites (N-methyl/N-ethyl adjacent to an activating group) is 1. The molecule has 0 aromatic heterocycles. The summed E-state index contributed by atoms with van der Waals surface area (Å²) in [5.74, 6) is -0.188. The molecule has 1 aromatic rings. The van der Waals surface area contributed by atoms with E-state index >= 15 is 0 Å². The van der Waals surface area contributed by atoms with E-state index in [9.17, 15) is 9.18 Å². The van der Waals surface area contributed by atoms with Gasteiger partial charge in [0, 0.05) is 12.7 Å². The second kappa shape index (κ2) is 5.79. The Balaban J connectivity index is 2.14. The summed E-state index contributed by atoms with van der Waals surface area (Å²) in [5.41, 5.74) is 0.393. The molecule has 1 aromatic carbocycles. The molecule has 0 amide bonds. The van der Waals surface area contributed by atoms with E-state index in [1.54, 1.807) is 31.3 Å². The summed E-state index contributed by atoms with van der Waals surface area (Å²) in [6, 6.07) is 6.55. The number of methoxy groups -OCH3 is 2. The predicted molar refractivity (Wildman–Crippen MR) is 87.9 cm³/mol. The Kier molecular flexibility index (Phi) is 3.92. The van der Waals surface area contributed by atoms with Crippen molar-refractivity contribution < 1.29 is 18.7 Å². The molecule has 0 bridgehead atoms. The normalized spacial score (nSPS) is 22.5. The lowest BCUT2D eigenvalue weighted by molar-refractivity contribution is -0.136. The van der Waals surface area contributed by atoms with E-state index in [2.05, 4.69) is 14.7 Å². The van der Waals surface area contributed by atoms with Gasteiger partial charge >= 0.3 is 5.97 Å². The molecular formula is C15H14ClFN4O3. The molecule has 126 valence electrons. The van der Waals surface area contributed by atoms with Gasteiger partial charge < -0.3 is 14.4 Å². The van der Waals surface area contributed by atoms with Crippen molar-refractivity contribution in [3.63, 3.8) is 0 Å². The van der Waals surface area contributed by atoms with Crippen molar-refractivity contribution >= 4 is 35.7 Å². The highest BCUT2D eigenvalue weighted by Crippen LogP contribution is 2.44. The number of hydrogen-bond acceptors (Lipinski definition) is 7. The van der Waals surface area contributed by atoms with Crippen molar-refractivity contribution in [1.29, 1.82) is 0 Å². The van der Waals surface area contributed by atoms with Crippen molar-refractivity contribution in [1.82, 2.24) is 4.90 Å². The average molecular weight is 353 g/mol. The van der Waals surface area contributed by atoms with Crippen LogP contribution >= 0.6 is 11.6 Å². The standard InChI is InChI=1S/C15H14ClFN4O3/c1-20-8-18-15(16)12(20)11(13(22)24-3)19-14(17)21(15)9-4-6-10(23-2)7-5-9/h4-8H,1-3H3. The van der Waals surface area contributed by atoms with Crippen LogP contribution in [0.2, 0.25) is 0 Å². The first kappa shape index (κ1) is 16.3. The van der Waals surface area contributed by atoms with Gasteiger partial charge in [-0.15, -0.1) is 0 Å². The number of aliphatic imine (C=N–C) groups is 2. The molecular weight excluding hydrogens is 339 g/mol. The zero-order chi connectivity index (χ0) is 17.5. The van der Waals surface area contributed by atoms with Crippen LogP contribution in [0, 0.1) is 0 Å². The van der Waals surface area contributed by atoms with Gasteiger partial charge in [0.25, 0.3) is 11.2 Å². The molecule has 2 aliphatic heterocycles. The van der Waals surface area contributed by atoms with Gasteiger partial charge in [0.1, 0.15) is 11.4 Å². The van der Waals surface area contributed by atoms with Crippen LogP contribution in [-0.4, -0.2) is 49.7 Å². The Hall–Kier alpha value is -2.61. The molecule has 2 aliphatic rings. The lowest BCUT2D eigenvalue weighted by Crippen LogP contribution is -2.50. The molecule has 0 radical (unpaired) electrons. The number of rotatable bonds is 3. The average Bonchev–Trinajstić information content (AvgIpc) is 2.89. The van der Waals surface area contributed by atoms with Crippen molar-refractivity contribution in [2.24, 2.45) is 9.98 Å². The zero-order valence-electron chi connectivity index (χ0n) is 13.2. The number of alkyl halides is 1. The number of fused-ring (bicyclic) bond motifs is 1. The fraction of sp³-hybridized carbons (Fsp3) is 0.267. The third-order valence-electron chi connectivity index (χ3n) is 3.67. The molecule has 0 saturated carbocycles. The number of halogens is 2. The molecule has 3 rings (SSSR count). The van der Waals surface area contributed by atoms with Crippen LogP contribution in [0.3, 0.4) is 0 Å². The SMILES string of the molecule is COC(=O)C1=C2N(C)C=NC2(Cl)N(c2ccc(OC)cc2)C(F)=N1. The third-order valence-corrected chi connectivity index (χ3v) is 4.12. The molecule has 9 heteroatoms. The van der Waals surface area contributed by atoms with Crippen LogP contribution < -0.4 is 9.64 Å². The second-order valence-corrected chi connectivity index (χ2v) is 5.57. The Morgan fingerprint density at radius 1 is 1.29 bits per heavy atom. The molecule has 1 unspecified atom stereocenters. The summed E-state index contributed by atoms with van der Waals surface area (Å²) in [6.07, 6.45) is 0.433. The lowest BCUT2D eigenvalue weighted by Gasteiger charge is -2.37. The van der Waals surface area contributed by atoms with Crippen LogP contribution in [0.1, 0.15) is 0 Å². The first-order valence-electron chi connectivity index (χ1n) is 6.91. The fourth-order valence-corrected chi connectivity index (χ4v) is 2.99. The highest BCUT2D eigenvalue weighted by Gasteiger charge is 2.52. The number of amidine groups is 1. The number of carbonyl (C=O) groups excluding carboxylic acids is 1. The monoisotopic (exact) mass is 352 g/mol. The van der Waals surface area contributed by atoms with E-state index < -0.39 is 17.2 Å².